The van der Waals surface area contributed by atoms with Gasteiger partial charge in [-0.1, -0.05) is 6.07 Å². The minimum atomic E-state index is -0.376. The summed E-state index contributed by atoms with van der Waals surface area (Å²) < 4.78 is 5.08. The zero-order valence-corrected chi connectivity index (χ0v) is 15.3. The van der Waals surface area contributed by atoms with Gasteiger partial charge in [0.1, 0.15) is 5.75 Å². The van der Waals surface area contributed by atoms with Gasteiger partial charge in [0.05, 0.1) is 12.8 Å². The molecule has 1 aromatic heterocycles. The molecule has 0 atom stereocenters. The Balaban J connectivity index is 1.56. The fourth-order valence-electron chi connectivity index (χ4n) is 2.42. The lowest BCUT2D eigenvalue weighted by Crippen LogP contribution is -2.19. The smallest absolute Gasteiger partial charge is 0.323 e. The number of hydrogen-bond donors (Lipinski definition) is 2. The summed E-state index contributed by atoms with van der Waals surface area (Å²) >= 11 is 0. The molecule has 2 aromatic carbocycles. The highest BCUT2D eigenvalue weighted by Crippen LogP contribution is 2.16. The van der Waals surface area contributed by atoms with Gasteiger partial charge in [-0.2, -0.15) is 0 Å². The Bertz CT molecular complexity index is 966. The molecule has 0 unspecified atom stereocenters. The van der Waals surface area contributed by atoms with E-state index in [1.807, 2.05) is 18.2 Å². The molecule has 0 aliphatic carbocycles. The minimum Gasteiger partial charge on any atom is -0.497 e. The van der Waals surface area contributed by atoms with Crippen molar-refractivity contribution in [3.05, 3.63) is 90.3 Å². The summed E-state index contributed by atoms with van der Waals surface area (Å²) in [5.41, 5.74) is 2.46. The number of urea groups is 1. The molecular formula is C22H19N3O3. The summed E-state index contributed by atoms with van der Waals surface area (Å²) in [5.74, 6) is 0.572. The Hall–Kier alpha value is -3.93. The number of aromatic nitrogens is 1. The molecular weight excluding hydrogens is 354 g/mol. The van der Waals surface area contributed by atoms with Crippen LogP contribution >= 0.6 is 0 Å². The van der Waals surface area contributed by atoms with E-state index in [1.54, 1.807) is 67.9 Å². The van der Waals surface area contributed by atoms with Gasteiger partial charge in [0.15, 0.2) is 5.78 Å². The molecule has 0 fully saturated rings. The van der Waals surface area contributed by atoms with Crippen LogP contribution in [0, 0.1) is 0 Å². The first kappa shape index (κ1) is 18.8. The van der Waals surface area contributed by atoms with Crippen molar-refractivity contribution in [1.82, 2.24) is 4.98 Å². The molecule has 0 radical (unpaired) electrons. The van der Waals surface area contributed by atoms with Crippen LogP contribution in [0.25, 0.3) is 6.08 Å². The second kappa shape index (κ2) is 9.14. The van der Waals surface area contributed by atoms with Gasteiger partial charge in [-0.05, 0) is 72.8 Å². The maximum Gasteiger partial charge on any atom is 0.323 e. The van der Waals surface area contributed by atoms with Crippen molar-refractivity contribution in [2.75, 3.05) is 17.7 Å². The molecule has 28 heavy (non-hydrogen) atoms. The van der Waals surface area contributed by atoms with E-state index in [4.69, 9.17) is 4.74 Å². The average Bonchev–Trinajstić information content (AvgIpc) is 2.74. The van der Waals surface area contributed by atoms with Crippen molar-refractivity contribution < 1.29 is 14.3 Å². The molecule has 0 spiro atoms. The number of anilines is 2. The number of ether oxygens (including phenoxy) is 1. The normalized spacial score (nSPS) is 10.5. The van der Waals surface area contributed by atoms with E-state index in [0.29, 0.717) is 28.4 Å². The van der Waals surface area contributed by atoms with Gasteiger partial charge >= 0.3 is 6.03 Å². The van der Waals surface area contributed by atoms with Crippen molar-refractivity contribution in [2.45, 2.75) is 0 Å². The van der Waals surface area contributed by atoms with Gasteiger partial charge < -0.3 is 15.4 Å². The second-order valence-electron chi connectivity index (χ2n) is 5.84. The fraction of sp³-hybridized carbons (Fsp3) is 0.0455. The summed E-state index contributed by atoms with van der Waals surface area (Å²) in [6.07, 6.45) is 4.81. The van der Waals surface area contributed by atoms with E-state index in [-0.39, 0.29) is 11.8 Å². The van der Waals surface area contributed by atoms with Crippen LogP contribution in [-0.4, -0.2) is 23.9 Å². The number of nitrogens with zero attached hydrogens (tertiary/aromatic N) is 1. The van der Waals surface area contributed by atoms with Crippen molar-refractivity contribution in [3.8, 4) is 5.75 Å². The summed E-state index contributed by atoms with van der Waals surface area (Å²) in [6.45, 7) is 0. The molecule has 2 N–H and O–H groups in total. The highest BCUT2D eigenvalue weighted by molar-refractivity contribution is 6.07. The topological polar surface area (TPSA) is 80.3 Å². The predicted octanol–water partition coefficient (Wildman–Crippen LogP) is 4.63. The van der Waals surface area contributed by atoms with Crippen LogP contribution in [0.5, 0.6) is 5.75 Å². The molecule has 0 aliphatic heterocycles. The molecule has 140 valence electrons. The zero-order chi connectivity index (χ0) is 19.8. The molecule has 0 bridgehead atoms. The van der Waals surface area contributed by atoms with Crippen LogP contribution in [0.15, 0.2) is 79.0 Å². The molecule has 0 saturated carbocycles. The van der Waals surface area contributed by atoms with Crippen LogP contribution in [0.2, 0.25) is 0 Å². The lowest BCUT2D eigenvalue weighted by atomic mass is 10.1. The highest BCUT2D eigenvalue weighted by Gasteiger charge is 2.05. The quantitative estimate of drug-likeness (QED) is 0.488. The van der Waals surface area contributed by atoms with Crippen LogP contribution in [0.3, 0.4) is 0 Å². The number of pyridine rings is 1. The van der Waals surface area contributed by atoms with Gasteiger partial charge in [-0.15, -0.1) is 0 Å². The number of nitrogens with one attached hydrogen (secondary N) is 2. The summed E-state index contributed by atoms with van der Waals surface area (Å²) in [7, 11) is 1.58. The zero-order valence-electron chi connectivity index (χ0n) is 15.3. The number of allylic oxidation sites excluding steroid dienone is 1. The van der Waals surface area contributed by atoms with Crippen LogP contribution in [0.4, 0.5) is 16.2 Å². The Labute approximate surface area is 162 Å². The fourth-order valence-corrected chi connectivity index (χ4v) is 2.42. The number of amides is 2. The number of hydrogen-bond acceptors (Lipinski definition) is 4. The van der Waals surface area contributed by atoms with E-state index < -0.39 is 0 Å². The molecule has 0 aliphatic rings. The number of carbonyl (C=O) groups excluding carboxylic acids is 2. The lowest BCUT2D eigenvalue weighted by molar-refractivity contribution is 0.104. The third-order valence-corrected chi connectivity index (χ3v) is 3.87. The molecule has 1 heterocycles. The molecule has 3 rings (SSSR count). The number of methoxy groups -OCH3 is 1. The monoisotopic (exact) mass is 373 g/mol. The number of rotatable bonds is 6. The lowest BCUT2D eigenvalue weighted by Gasteiger charge is -2.08. The van der Waals surface area contributed by atoms with Crippen molar-refractivity contribution in [2.24, 2.45) is 0 Å². The summed E-state index contributed by atoms with van der Waals surface area (Å²) in [4.78, 5) is 28.4. The minimum absolute atomic E-state index is 0.139. The molecule has 6 nitrogen and oxygen atoms in total. The summed E-state index contributed by atoms with van der Waals surface area (Å²) in [5, 5.41) is 5.45. The van der Waals surface area contributed by atoms with Crippen molar-refractivity contribution >= 4 is 29.3 Å². The molecule has 6 heteroatoms. The van der Waals surface area contributed by atoms with E-state index in [9.17, 15) is 9.59 Å². The largest absolute Gasteiger partial charge is 0.497 e. The van der Waals surface area contributed by atoms with Crippen LogP contribution in [0.1, 0.15) is 16.1 Å². The van der Waals surface area contributed by atoms with Gasteiger partial charge in [0.25, 0.3) is 0 Å². The first-order chi connectivity index (χ1) is 13.6. The Morgan fingerprint density at radius 3 is 2.11 bits per heavy atom. The molecule has 0 saturated heterocycles. The first-order valence-electron chi connectivity index (χ1n) is 8.59. The maximum atomic E-state index is 12.2. The van der Waals surface area contributed by atoms with Gasteiger partial charge in [-0.3, -0.25) is 9.78 Å². The van der Waals surface area contributed by atoms with E-state index >= 15 is 0 Å². The van der Waals surface area contributed by atoms with Gasteiger partial charge in [0, 0.05) is 23.1 Å². The van der Waals surface area contributed by atoms with Gasteiger partial charge in [0.2, 0.25) is 0 Å². The highest BCUT2D eigenvalue weighted by atomic mass is 16.5. The standard InChI is InChI=1S/C22H19N3O3/c1-28-20-12-9-19(10-13-20)25-22(27)24-18-7-5-16(6-8-18)21(26)14-11-17-4-2-3-15-23-17/h2-15H,1H3,(H2,24,25,27)/b14-11+. The van der Waals surface area contributed by atoms with E-state index in [1.165, 1.54) is 6.08 Å². The Kier molecular flexibility index (Phi) is 6.15. The van der Waals surface area contributed by atoms with Crippen LogP contribution < -0.4 is 15.4 Å². The average molecular weight is 373 g/mol. The third kappa shape index (κ3) is 5.28. The van der Waals surface area contributed by atoms with Crippen LogP contribution in [-0.2, 0) is 0 Å². The van der Waals surface area contributed by atoms with Gasteiger partial charge in [-0.25, -0.2) is 4.79 Å². The number of ketones is 1. The summed E-state index contributed by atoms with van der Waals surface area (Å²) in [6, 6.07) is 18.8. The third-order valence-electron chi connectivity index (χ3n) is 3.87. The predicted molar refractivity (Wildman–Crippen MR) is 110 cm³/mol. The van der Waals surface area contributed by atoms with Crippen molar-refractivity contribution in [3.63, 3.8) is 0 Å². The Morgan fingerprint density at radius 1 is 0.893 bits per heavy atom. The van der Waals surface area contributed by atoms with Crippen molar-refractivity contribution in [1.29, 1.82) is 0 Å². The van der Waals surface area contributed by atoms with E-state index in [0.717, 1.165) is 0 Å². The SMILES string of the molecule is COc1ccc(NC(=O)Nc2ccc(C(=O)/C=C/c3ccccn3)cc2)cc1. The molecule has 3 aromatic rings. The number of carbonyl (C=O) groups is 2. The number of benzene rings is 2. The second-order valence-corrected chi connectivity index (χ2v) is 5.84. The maximum absolute atomic E-state index is 12.2. The Morgan fingerprint density at radius 2 is 1.54 bits per heavy atom. The van der Waals surface area contributed by atoms with E-state index in [2.05, 4.69) is 15.6 Å². The molecule has 2 amide bonds. The first-order valence-corrected chi connectivity index (χ1v) is 8.59.